The Balaban J connectivity index is 2.63. The van der Waals surface area contributed by atoms with Crippen LogP contribution in [-0.4, -0.2) is 11.3 Å². The first-order valence-electron chi connectivity index (χ1n) is 3.78. The van der Waals surface area contributed by atoms with Crippen LogP contribution in [0, 0.1) is 0 Å². The van der Waals surface area contributed by atoms with Gasteiger partial charge in [0.2, 0.25) is 0 Å². The number of ether oxygens (including phenoxy) is 1. The molecule has 0 heterocycles. The van der Waals surface area contributed by atoms with E-state index in [9.17, 15) is 4.79 Å². The maximum absolute atomic E-state index is 10.8. The maximum atomic E-state index is 10.8. The molecule has 0 saturated heterocycles. The predicted octanol–water partition coefficient (Wildman–Crippen LogP) is 3.43. The first-order valence-corrected chi connectivity index (χ1v) is 5.66. The largest absolute Gasteiger partial charge is 0.460 e. The summed E-state index contributed by atoms with van der Waals surface area (Å²) < 4.78 is 4.88. The minimum atomic E-state index is -0.318. The van der Waals surface area contributed by atoms with Gasteiger partial charge in [0.25, 0.3) is 0 Å². The summed E-state index contributed by atoms with van der Waals surface area (Å²) in [6.45, 7) is 0.185. The molecule has 76 valence electrons. The van der Waals surface area contributed by atoms with Crippen molar-refractivity contribution in [3.05, 3.63) is 33.8 Å². The lowest BCUT2D eigenvalue weighted by atomic mass is 10.2. The third-order valence-electron chi connectivity index (χ3n) is 1.43. The van der Waals surface area contributed by atoms with E-state index in [0.29, 0.717) is 10.0 Å². The van der Waals surface area contributed by atoms with Crippen LogP contribution in [0.25, 0.3) is 0 Å². The average Bonchev–Trinajstić information content (AvgIpc) is 2.12. The van der Waals surface area contributed by atoms with Crippen molar-refractivity contribution in [3.8, 4) is 0 Å². The summed E-state index contributed by atoms with van der Waals surface area (Å²) >= 11 is 14.5. The van der Waals surface area contributed by atoms with E-state index in [0.717, 1.165) is 5.56 Å². The van der Waals surface area contributed by atoms with Crippen LogP contribution in [-0.2, 0) is 16.1 Å². The molecule has 0 radical (unpaired) electrons. The van der Waals surface area contributed by atoms with Gasteiger partial charge in [0.1, 0.15) is 11.9 Å². The van der Waals surface area contributed by atoms with Gasteiger partial charge in [-0.2, -0.15) is 0 Å². The molecule has 0 spiro atoms. The summed E-state index contributed by atoms with van der Waals surface area (Å²) in [5.41, 5.74) is 0.775. The third-order valence-corrected chi connectivity index (χ3v) is 2.33. The van der Waals surface area contributed by atoms with E-state index in [1.807, 2.05) is 0 Å². The van der Waals surface area contributed by atoms with Gasteiger partial charge >= 0.3 is 5.97 Å². The highest BCUT2D eigenvalue weighted by molar-refractivity contribution is 9.09. The van der Waals surface area contributed by atoms with E-state index in [4.69, 9.17) is 27.9 Å². The standard InChI is InChI=1S/C9H7BrCl2O2/c10-4-9(13)14-5-6-1-7(11)3-8(12)2-6/h1-3H,4-5H2. The van der Waals surface area contributed by atoms with Crippen molar-refractivity contribution < 1.29 is 9.53 Å². The zero-order chi connectivity index (χ0) is 10.6. The van der Waals surface area contributed by atoms with Crippen molar-refractivity contribution >= 4 is 45.1 Å². The van der Waals surface area contributed by atoms with Crippen LogP contribution >= 0.6 is 39.1 Å². The van der Waals surface area contributed by atoms with Crippen molar-refractivity contribution in [2.24, 2.45) is 0 Å². The zero-order valence-electron chi connectivity index (χ0n) is 7.10. The number of hydrogen-bond acceptors (Lipinski definition) is 2. The maximum Gasteiger partial charge on any atom is 0.316 e. The Morgan fingerprint density at radius 3 is 2.36 bits per heavy atom. The average molecular weight is 298 g/mol. The smallest absolute Gasteiger partial charge is 0.316 e. The van der Waals surface area contributed by atoms with E-state index in [1.165, 1.54) is 0 Å². The van der Waals surface area contributed by atoms with Crippen LogP contribution in [0.1, 0.15) is 5.56 Å². The van der Waals surface area contributed by atoms with Gasteiger partial charge in [0, 0.05) is 10.0 Å². The van der Waals surface area contributed by atoms with E-state index in [2.05, 4.69) is 15.9 Å². The minimum Gasteiger partial charge on any atom is -0.460 e. The molecule has 0 amide bonds. The molecule has 0 N–H and O–H groups in total. The number of esters is 1. The van der Waals surface area contributed by atoms with Gasteiger partial charge in [-0.1, -0.05) is 39.1 Å². The van der Waals surface area contributed by atoms with Crippen molar-refractivity contribution in [3.63, 3.8) is 0 Å². The first-order chi connectivity index (χ1) is 6.61. The Kier molecular flexibility index (Phi) is 4.72. The molecule has 0 saturated carbocycles. The van der Waals surface area contributed by atoms with Gasteiger partial charge < -0.3 is 4.74 Å². The van der Waals surface area contributed by atoms with E-state index >= 15 is 0 Å². The van der Waals surface area contributed by atoms with Gasteiger partial charge in [0.05, 0.1) is 0 Å². The highest BCUT2D eigenvalue weighted by atomic mass is 79.9. The van der Waals surface area contributed by atoms with E-state index in [1.54, 1.807) is 18.2 Å². The van der Waals surface area contributed by atoms with Crippen LogP contribution in [0.3, 0.4) is 0 Å². The summed E-state index contributed by atoms with van der Waals surface area (Å²) in [6, 6.07) is 5.03. The molecule has 0 fully saturated rings. The summed E-state index contributed by atoms with van der Waals surface area (Å²) in [6.07, 6.45) is 0. The Labute approximate surface area is 100 Å². The third kappa shape index (κ3) is 3.86. The molecule has 0 aliphatic heterocycles. The van der Waals surface area contributed by atoms with Crippen LogP contribution in [0.5, 0.6) is 0 Å². The molecule has 0 atom stereocenters. The number of halogens is 3. The summed E-state index contributed by atoms with van der Waals surface area (Å²) in [7, 11) is 0. The number of carbonyl (C=O) groups excluding carboxylic acids is 1. The number of rotatable bonds is 3. The number of carbonyl (C=O) groups is 1. The fraction of sp³-hybridized carbons (Fsp3) is 0.222. The fourth-order valence-corrected chi connectivity index (χ4v) is 1.63. The quantitative estimate of drug-likeness (QED) is 0.631. The molecule has 1 aromatic rings. The Morgan fingerprint density at radius 2 is 1.86 bits per heavy atom. The molecule has 14 heavy (non-hydrogen) atoms. The lowest BCUT2D eigenvalue weighted by molar-refractivity contribution is -0.141. The second-order valence-corrected chi connectivity index (χ2v) is 4.01. The van der Waals surface area contributed by atoms with Crippen molar-refractivity contribution in [2.45, 2.75) is 6.61 Å². The number of hydrogen-bond donors (Lipinski definition) is 0. The normalized spacial score (nSPS) is 9.93. The Hall–Kier alpha value is -0.250. The second kappa shape index (κ2) is 5.59. The molecular weight excluding hydrogens is 291 g/mol. The van der Waals surface area contributed by atoms with E-state index in [-0.39, 0.29) is 17.9 Å². The first kappa shape index (κ1) is 11.8. The summed E-state index contributed by atoms with van der Waals surface area (Å²) in [5, 5.41) is 1.24. The predicted molar refractivity (Wildman–Crippen MR) is 60.1 cm³/mol. The van der Waals surface area contributed by atoms with Crippen molar-refractivity contribution in [1.29, 1.82) is 0 Å². The van der Waals surface area contributed by atoms with Gasteiger partial charge in [-0.3, -0.25) is 4.79 Å². The van der Waals surface area contributed by atoms with Gasteiger partial charge in [-0.25, -0.2) is 0 Å². The van der Waals surface area contributed by atoms with Crippen molar-refractivity contribution in [2.75, 3.05) is 5.33 Å². The summed E-state index contributed by atoms with van der Waals surface area (Å²) in [5.74, 6) is -0.318. The molecule has 0 aliphatic rings. The highest BCUT2D eigenvalue weighted by Gasteiger charge is 2.02. The lowest BCUT2D eigenvalue weighted by Gasteiger charge is -2.04. The Bertz CT molecular complexity index is 321. The fourth-order valence-electron chi connectivity index (χ4n) is 0.897. The van der Waals surface area contributed by atoms with E-state index < -0.39 is 0 Å². The molecule has 1 rings (SSSR count). The van der Waals surface area contributed by atoms with Crippen LogP contribution in [0.4, 0.5) is 0 Å². The molecular formula is C9H7BrCl2O2. The van der Waals surface area contributed by atoms with Crippen LogP contribution < -0.4 is 0 Å². The molecule has 0 aromatic heterocycles. The molecule has 5 heteroatoms. The number of alkyl halides is 1. The summed E-state index contributed by atoms with van der Waals surface area (Å²) in [4.78, 5) is 10.8. The Morgan fingerprint density at radius 1 is 1.29 bits per heavy atom. The SMILES string of the molecule is O=C(CBr)OCc1cc(Cl)cc(Cl)c1. The number of benzene rings is 1. The molecule has 0 bridgehead atoms. The highest BCUT2D eigenvalue weighted by Crippen LogP contribution is 2.19. The van der Waals surface area contributed by atoms with Gasteiger partial charge in [0.15, 0.2) is 0 Å². The lowest BCUT2D eigenvalue weighted by Crippen LogP contribution is -2.05. The van der Waals surface area contributed by atoms with Crippen molar-refractivity contribution in [1.82, 2.24) is 0 Å². The molecule has 0 aliphatic carbocycles. The van der Waals surface area contributed by atoms with Gasteiger partial charge in [-0.05, 0) is 23.8 Å². The van der Waals surface area contributed by atoms with Crippen LogP contribution in [0.2, 0.25) is 10.0 Å². The van der Waals surface area contributed by atoms with Gasteiger partial charge in [-0.15, -0.1) is 0 Å². The second-order valence-electron chi connectivity index (χ2n) is 2.57. The topological polar surface area (TPSA) is 26.3 Å². The minimum absolute atomic E-state index is 0.182. The molecule has 1 aromatic carbocycles. The monoisotopic (exact) mass is 296 g/mol. The van der Waals surface area contributed by atoms with Crippen LogP contribution in [0.15, 0.2) is 18.2 Å². The molecule has 2 nitrogen and oxygen atoms in total. The zero-order valence-corrected chi connectivity index (χ0v) is 10.2. The molecule has 0 unspecified atom stereocenters.